The van der Waals surface area contributed by atoms with Gasteiger partial charge < -0.3 is 24.3 Å². The fourth-order valence-corrected chi connectivity index (χ4v) is 3.75. The van der Waals surface area contributed by atoms with Crippen LogP contribution < -0.4 is 10.1 Å². The van der Waals surface area contributed by atoms with Crippen LogP contribution in [0.1, 0.15) is 45.0 Å². The maximum absolute atomic E-state index is 12.4. The number of carbonyl (C=O) groups excluding carboxylic acids is 4. The van der Waals surface area contributed by atoms with Crippen LogP contribution in [0.4, 0.5) is 5.00 Å². The van der Waals surface area contributed by atoms with Crippen LogP contribution in [0, 0.1) is 13.8 Å². The average Bonchev–Trinajstić information content (AvgIpc) is 3.07. The molecule has 32 heavy (non-hydrogen) atoms. The highest BCUT2D eigenvalue weighted by Crippen LogP contribution is 2.34. The molecule has 0 radical (unpaired) electrons. The second-order valence-corrected chi connectivity index (χ2v) is 7.48. The number of anilines is 1. The molecule has 2 aromatic rings. The Morgan fingerprint density at radius 2 is 1.56 bits per heavy atom. The first-order valence-corrected chi connectivity index (χ1v) is 10.7. The van der Waals surface area contributed by atoms with Crippen molar-refractivity contribution in [3.05, 3.63) is 45.8 Å². The summed E-state index contributed by atoms with van der Waals surface area (Å²) in [6.07, 6.45) is 0. The number of nitrogens with one attached hydrogen (secondary N) is 1. The fourth-order valence-electron chi connectivity index (χ4n) is 2.65. The molecule has 0 aliphatic rings. The molecule has 1 aromatic heterocycles. The normalized spacial score (nSPS) is 10.2. The van der Waals surface area contributed by atoms with Crippen molar-refractivity contribution in [2.75, 3.05) is 31.7 Å². The van der Waals surface area contributed by atoms with E-state index >= 15 is 0 Å². The number of ether oxygens (including phenoxy) is 4. The standard InChI is InChI=1S/C22H25NO8S/c1-5-28-21(26)18-14(4)19(22(27)29-6-2)32-20(18)23-16(24)11-31-17(25)12-30-15-10-8-7-9-13(15)3/h7-10H,5-6,11-12H2,1-4H3,(H,23,24). The second-order valence-electron chi connectivity index (χ2n) is 6.46. The van der Waals surface area contributed by atoms with E-state index in [4.69, 9.17) is 18.9 Å². The monoisotopic (exact) mass is 463 g/mol. The molecule has 0 saturated carbocycles. The summed E-state index contributed by atoms with van der Waals surface area (Å²) in [5.41, 5.74) is 1.25. The van der Waals surface area contributed by atoms with Gasteiger partial charge in [-0.2, -0.15) is 0 Å². The molecule has 9 nitrogen and oxygen atoms in total. The Bertz CT molecular complexity index is 998. The number of hydrogen-bond donors (Lipinski definition) is 1. The van der Waals surface area contributed by atoms with Crippen LogP contribution in [0.2, 0.25) is 0 Å². The average molecular weight is 464 g/mol. The Morgan fingerprint density at radius 1 is 0.906 bits per heavy atom. The number of thiophene rings is 1. The lowest BCUT2D eigenvalue weighted by molar-refractivity contribution is -0.149. The van der Waals surface area contributed by atoms with Crippen LogP contribution in [0.3, 0.4) is 0 Å². The summed E-state index contributed by atoms with van der Waals surface area (Å²) in [6, 6.07) is 7.17. The van der Waals surface area contributed by atoms with Gasteiger partial charge in [0.25, 0.3) is 5.91 Å². The number of aryl methyl sites for hydroxylation is 1. The van der Waals surface area contributed by atoms with E-state index in [1.165, 1.54) is 0 Å². The van der Waals surface area contributed by atoms with Crippen molar-refractivity contribution in [1.29, 1.82) is 0 Å². The number of hydrogen-bond acceptors (Lipinski definition) is 9. The molecule has 1 aromatic carbocycles. The maximum Gasteiger partial charge on any atom is 0.348 e. The minimum atomic E-state index is -0.733. The third kappa shape index (κ3) is 6.55. The number of carbonyl (C=O) groups is 4. The molecule has 0 bridgehead atoms. The molecule has 0 fully saturated rings. The molecule has 0 spiro atoms. The molecule has 0 aliphatic heterocycles. The van der Waals surface area contributed by atoms with Crippen molar-refractivity contribution >= 4 is 40.2 Å². The first kappa shape index (κ1) is 24.9. The summed E-state index contributed by atoms with van der Waals surface area (Å²) in [5, 5.41) is 2.61. The topological polar surface area (TPSA) is 117 Å². The first-order chi connectivity index (χ1) is 15.3. The van der Waals surface area contributed by atoms with Gasteiger partial charge in [-0.1, -0.05) is 18.2 Å². The van der Waals surface area contributed by atoms with Gasteiger partial charge in [-0.15, -0.1) is 11.3 Å². The number of benzene rings is 1. The number of esters is 3. The molecule has 2 rings (SSSR count). The highest BCUT2D eigenvalue weighted by molar-refractivity contribution is 7.18. The third-order valence-corrected chi connectivity index (χ3v) is 5.33. The van der Waals surface area contributed by atoms with E-state index in [0.29, 0.717) is 11.3 Å². The SMILES string of the molecule is CCOC(=O)c1sc(NC(=O)COC(=O)COc2ccccc2C)c(C(=O)OCC)c1C. The Labute approximate surface area is 189 Å². The number of rotatable bonds is 10. The van der Waals surface area contributed by atoms with Crippen LogP contribution in [0.25, 0.3) is 0 Å². The number of para-hydroxylation sites is 1. The second kappa shape index (κ2) is 11.8. The van der Waals surface area contributed by atoms with Gasteiger partial charge in [0.05, 0.1) is 18.8 Å². The van der Waals surface area contributed by atoms with E-state index in [0.717, 1.165) is 16.9 Å². The van der Waals surface area contributed by atoms with Crippen molar-refractivity contribution < 1.29 is 38.1 Å². The van der Waals surface area contributed by atoms with Gasteiger partial charge in [0, 0.05) is 0 Å². The Morgan fingerprint density at radius 3 is 2.22 bits per heavy atom. The van der Waals surface area contributed by atoms with Crippen molar-refractivity contribution in [3.8, 4) is 5.75 Å². The zero-order chi connectivity index (χ0) is 23.7. The van der Waals surface area contributed by atoms with E-state index in [1.54, 1.807) is 32.9 Å². The van der Waals surface area contributed by atoms with E-state index in [-0.39, 0.29) is 35.3 Å². The van der Waals surface area contributed by atoms with E-state index < -0.39 is 30.4 Å². The van der Waals surface area contributed by atoms with Crippen LogP contribution in [-0.4, -0.2) is 50.2 Å². The molecule has 10 heteroatoms. The quantitative estimate of drug-likeness (QED) is 0.421. The van der Waals surface area contributed by atoms with Crippen LogP contribution in [0.15, 0.2) is 24.3 Å². The Balaban J connectivity index is 2.02. The highest BCUT2D eigenvalue weighted by atomic mass is 32.1. The summed E-state index contributed by atoms with van der Waals surface area (Å²) in [5.74, 6) is -2.18. The molecule has 0 saturated heterocycles. The molecule has 172 valence electrons. The molecule has 1 N–H and O–H groups in total. The minimum Gasteiger partial charge on any atom is -0.482 e. The van der Waals surface area contributed by atoms with E-state index in [9.17, 15) is 19.2 Å². The van der Waals surface area contributed by atoms with Crippen molar-refractivity contribution in [2.24, 2.45) is 0 Å². The lowest BCUT2D eigenvalue weighted by Crippen LogP contribution is -2.24. The predicted octanol–water partition coefficient (Wildman–Crippen LogP) is 3.28. The summed E-state index contributed by atoms with van der Waals surface area (Å²) in [4.78, 5) is 48.9. The molecule has 0 atom stereocenters. The highest BCUT2D eigenvalue weighted by Gasteiger charge is 2.27. The van der Waals surface area contributed by atoms with Crippen LogP contribution in [-0.2, 0) is 23.8 Å². The van der Waals surface area contributed by atoms with Gasteiger partial charge in [-0.3, -0.25) is 4.79 Å². The first-order valence-electron chi connectivity index (χ1n) is 9.89. The van der Waals surface area contributed by atoms with E-state index in [1.807, 2.05) is 19.1 Å². The molecule has 0 unspecified atom stereocenters. The lowest BCUT2D eigenvalue weighted by Gasteiger charge is -2.09. The summed E-state index contributed by atoms with van der Waals surface area (Å²) < 4.78 is 20.3. The van der Waals surface area contributed by atoms with Gasteiger partial charge in [0.15, 0.2) is 13.2 Å². The summed E-state index contributed by atoms with van der Waals surface area (Å²) >= 11 is 0.888. The molecule has 0 aliphatic carbocycles. The zero-order valence-electron chi connectivity index (χ0n) is 18.3. The van der Waals surface area contributed by atoms with Gasteiger partial charge in [-0.25, -0.2) is 14.4 Å². The zero-order valence-corrected chi connectivity index (χ0v) is 19.1. The molecule has 1 amide bonds. The van der Waals surface area contributed by atoms with Gasteiger partial charge in [0.1, 0.15) is 15.6 Å². The van der Waals surface area contributed by atoms with E-state index in [2.05, 4.69) is 5.32 Å². The fraction of sp³-hybridized carbons (Fsp3) is 0.364. The third-order valence-electron chi connectivity index (χ3n) is 4.14. The maximum atomic E-state index is 12.4. The van der Waals surface area contributed by atoms with Gasteiger partial charge >= 0.3 is 17.9 Å². The smallest absolute Gasteiger partial charge is 0.348 e. The Kier molecular flexibility index (Phi) is 9.21. The van der Waals surface area contributed by atoms with Crippen molar-refractivity contribution in [2.45, 2.75) is 27.7 Å². The predicted molar refractivity (Wildman–Crippen MR) is 117 cm³/mol. The van der Waals surface area contributed by atoms with Crippen molar-refractivity contribution in [1.82, 2.24) is 0 Å². The van der Waals surface area contributed by atoms with Crippen LogP contribution in [0.5, 0.6) is 5.75 Å². The molecular weight excluding hydrogens is 438 g/mol. The summed E-state index contributed by atoms with van der Waals surface area (Å²) in [7, 11) is 0. The van der Waals surface area contributed by atoms with Crippen molar-refractivity contribution in [3.63, 3.8) is 0 Å². The molecular formula is C22H25NO8S. The summed E-state index contributed by atoms with van der Waals surface area (Å²) in [6.45, 7) is 6.02. The van der Waals surface area contributed by atoms with Gasteiger partial charge in [-0.05, 0) is 44.9 Å². The minimum absolute atomic E-state index is 0.0578. The largest absolute Gasteiger partial charge is 0.482 e. The molecule has 1 heterocycles. The number of amides is 1. The van der Waals surface area contributed by atoms with Gasteiger partial charge in [0.2, 0.25) is 0 Å². The lowest BCUT2D eigenvalue weighted by atomic mass is 10.1. The Hall–Kier alpha value is -3.40. The van der Waals surface area contributed by atoms with Crippen LogP contribution >= 0.6 is 11.3 Å².